The van der Waals surface area contributed by atoms with Crippen LogP contribution in [0.1, 0.15) is 132 Å². The summed E-state index contributed by atoms with van der Waals surface area (Å²) < 4.78 is 79.0. The Morgan fingerprint density at radius 3 is 2.04 bits per heavy atom. The SMILES string of the molecule is CCC(C)(CC)C(=O)/C=C(\O)C(C)(CC)CC.[2H]c1cc2c(c([2H])c3c4c(nc([2H])c([2H])c42)-c2[c-]c4c([2H])c([2H])c([2H])c([2H])c4c(CC(C)(C)C)c2S3)c(CC(C)(C)C)c1[2H].[Ir]. The molecule has 0 saturated heterocycles. The number of rotatable bonds is 9. The molecule has 2 heterocycles. The van der Waals surface area contributed by atoms with Gasteiger partial charge in [0.2, 0.25) is 0 Å². The fourth-order valence-electron chi connectivity index (χ4n) is 6.57. The molecule has 0 spiro atoms. The number of allylic oxidation sites excluding steroid dienone is 2. The van der Waals surface area contributed by atoms with Crippen LogP contribution < -0.4 is 0 Å². The second kappa shape index (κ2) is 16.4. The van der Waals surface area contributed by atoms with Gasteiger partial charge in [0, 0.05) is 55.1 Å². The van der Waals surface area contributed by atoms with Gasteiger partial charge in [-0.05, 0) is 93.4 Å². The molecule has 53 heavy (non-hydrogen) atoms. The molecule has 1 aliphatic rings. The number of benzene rings is 4. The molecule has 4 aromatic carbocycles. The van der Waals surface area contributed by atoms with Crippen LogP contribution in [0.25, 0.3) is 43.6 Å². The second-order valence-corrected chi connectivity index (χ2v) is 18.2. The van der Waals surface area contributed by atoms with Gasteiger partial charge >= 0.3 is 0 Å². The topological polar surface area (TPSA) is 50.2 Å². The molecule has 3 nitrogen and oxygen atoms in total. The normalized spacial score (nSPS) is 15.8. The maximum atomic E-state index is 12.2. The molecule has 0 amide bonds. The van der Waals surface area contributed by atoms with Crippen molar-refractivity contribution in [3.8, 4) is 11.3 Å². The van der Waals surface area contributed by atoms with Gasteiger partial charge in [0.1, 0.15) is 5.76 Å². The number of carbonyl (C=O) groups is 1. The van der Waals surface area contributed by atoms with E-state index in [2.05, 4.69) is 31.8 Å². The van der Waals surface area contributed by atoms with Crippen molar-refractivity contribution in [1.29, 1.82) is 0 Å². The van der Waals surface area contributed by atoms with E-state index in [1.54, 1.807) is 0 Å². The summed E-state index contributed by atoms with van der Waals surface area (Å²) >= 11 is 1.31. The maximum Gasteiger partial charge on any atom is 0.164 e. The Bertz CT molecular complexity index is 2640. The molecular formula is C48H60IrNO2S-. The van der Waals surface area contributed by atoms with Crippen LogP contribution in [-0.2, 0) is 37.7 Å². The Morgan fingerprint density at radius 1 is 0.811 bits per heavy atom. The molecule has 0 unspecified atom stereocenters. The van der Waals surface area contributed by atoms with E-state index < -0.39 is 0 Å². The number of ketones is 1. The Morgan fingerprint density at radius 2 is 1.43 bits per heavy atom. The van der Waals surface area contributed by atoms with Crippen LogP contribution in [0.15, 0.2) is 82.2 Å². The Labute approximate surface area is 349 Å². The van der Waals surface area contributed by atoms with Crippen LogP contribution in [-0.4, -0.2) is 15.9 Å². The largest absolute Gasteiger partial charge is 0.512 e. The molecule has 1 radical (unpaired) electrons. The first kappa shape index (κ1) is 31.2. The van der Waals surface area contributed by atoms with Gasteiger partial charge in [-0.25, -0.2) is 0 Å². The minimum atomic E-state index is -0.356. The van der Waals surface area contributed by atoms with Crippen LogP contribution in [0, 0.1) is 27.7 Å². The average molecular weight is 916 g/mol. The van der Waals surface area contributed by atoms with E-state index in [9.17, 15) is 11.3 Å². The van der Waals surface area contributed by atoms with E-state index in [0.717, 1.165) is 25.7 Å². The smallest absolute Gasteiger partial charge is 0.164 e. The van der Waals surface area contributed by atoms with Crippen molar-refractivity contribution in [2.75, 3.05) is 0 Å². The predicted molar refractivity (Wildman–Crippen MR) is 225 cm³/mol. The first-order chi connectivity index (χ1) is 28.1. The third-order valence-corrected chi connectivity index (χ3v) is 11.9. The maximum absolute atomic E-state index is 12.2. The quantitative estimate of drug-likeness (QED) is 0.0679. The second-order valence-electron chi connectivity index (χ2n) is 17.1. The zero-order chi connectivity index (χ0) is 46.1. The van der Waals surface area contributed by atoms with Gasteiger partial charge in [-0.1, -0.05) is 136 Å². The van der Waals surface area contributed by atoms with Crippen molar-refractivity contribution < 1.29 is 42.3 Å². The molecule has 6 rings (SSSR count). The van der Waals surface area contributed by atoms with Gasteiger partial charge in [0.15, 0.2) is 5.78 Å². The van der Waals surface area contributed by atoms with Gasteiger partial charge in [0.25, 0.3) is 0 Å². The van der Waals surface area contributed by atoms with E-state index >= 15 is 0 Å². The van der Waals surface area contributed by atoms with E-state index in [0.29, 0.717) is 71.9 Å². The van der Waals surface area contributed by atoms with Crippen LogP contribution >= 0.6 is 11.8 Å². The summed E-state index contributed by atoms with van der Waals surface area (Å²) in [7, 11) is 0. The zero-order valence-corrected chi connectivity index (χ0v) is 36.7. The third-order valence-electron chi connectivity index (χ3n) is 10.8. The van der Waals surface area contributed by atoms with Crippen LogP contribution in [0.2, 0.25) is 0 Å². The molecule has 0 fully saturated rings. The van der Waals surface area contributed by atoms with Gasteiger partial charge in [-0.3, -0.25) is 9.78 Å². The fourth-order valence-corrected chi connectivity index (χ4v) is 7.78. The summed E-state index contributed by atoms with van der Waals surface area (Å²) in [4.78, 5) is 17.9. The zero-order valence-electron chi connectivity index (χ0n) is 42.4. The molecular weight excluding hydrogens is 847 g/mol. The van der Waals surface area contributed by atoms with Gasteiger partial charge in [-0.15, -0.1) is 29.3 Å². The van der Waals surface area contributed by atoms with Gasteiger partial charge < -0.3 is 5.11 Å². The summed E-state index contributed by atoms with van der Waals surface area (Å²) in [6.07, 6.45) is 5.38. The van der Waals surface area contributed by atoms with E-state index in [4.69, 9.17) is 11.0 Å². The number of pyridine rings is 1. The molecule has 0 atom stereocenters. The number of carbonyl (C=O) groups excluding carboxylic acids is 1. The number of aromatic nitrogens is 1. The Hall–Kier alpha value is -2.98. The fraction of sp³-hybridized carbons (Fsp3) is 0.458. The molecule has 0 bridgehead atoms. The summed E-state index contributed by atoms with van der Waals surface area (Å²) in [5.74, 6) is 0.286. The molecule has 0 aliphatic carbocycles. The number of fused-ring (bicyclic) bond motifs is 5. The number of nitrogens with zero attached hydrogens (tertiary/aromatic N) is 1. The Kier molecular flexibility index (Phi) is 9.67. The van der Waals surface area contributed by atoms with E-state index in [1.807, 2.05) is 62.3 Å². The summed E-state index contributed by atoms with van der Waals surface area (Å²) in [6.45, 7) is 24.4. The summed E-state index contributed by atoms with van der Waals surface area (Å²) in [5.41, 5.74) is 0.961. The monoisotopic (exact) mass is 916 g/mol. The minimum absolute atomic E-state index is 0. The van der Waals surface area contributed by atoms with Crippen molar-refractivity contribution >= 4 is 49.9 Å². The molecule has 285 valence electrons. The number of hydrogen-bond donors (Lipinski definition) is 1. The number of hydrogen-bond acceptors (Lipinski definition) is 4. The first-order valence-corrected chi connectivity index (χ1v) is 19.4. The van der Waals surface area contributed by atoms with Crippen LogP contribution in [0.4, 0.5) is 0 Å². The number of aliphatic hydroxyl groups is 1. The molecule has 5 aromatic rings. The summed E-state index contributed by atoms with van der Waals surface area (Å²) in [5, 5.41) is 12.6. The van der Waals surface area contributed by atoms with Crippen molar-refractivity contribution in [2.24, 2.45) is 21.7 Å². The standard InChI is InChI=1S/C33H32NS.C15H28O2.Ir/c1-32(2,3)18-21-11-9-13-23-24-14-15-34-30-26-16-20-10-7-8-12-22(20)27(19-33(4,5)6)31(26)35-28(29(24)30)17-25(21)23;1-7-14(5,8-2)12(16)11-13(17)15(6,9-3)10-4;/h7-15,17H,18-19H2,1-6H3;11,16H,7-10H2,1-6H3;/q-1;;/b;12-11-;/i7D,8D,9D,10D,11D,12D,14D,15D,17D;;. The molecule has 1 aromatic heterocycles. The minimum Gasteiger partial charge on any atom is -0.512 e. The molecule has 0 saturated carbocycles. The third kappa shape index (κ3) is 8.95. The van der Waals surface area contributed by atoms with Crippen LogP contribution in [0.3, 0.4) is 0 Å². The first-order valence-electron chi connectivity index (χ1n) is 23.1. The molecule has 5 heteroatoms. The van der Waals surface area contributed by atoms with E-state index in [-0.39, 0.29) is 113 Å². The van der Waals surface area contributed by atoms with Crippen molar-refractivity contribution in [3.63, 3.8) is 0 Å². The van der Waals surface area contributed by atoms with Gasteiger partial charge in [0.05, 0.1) is 11.0 Å². The van der Waals surface area contributed by atoms with Crippen LogP contribution in [0.5, 0.6) is 0 Å². The molecule has 1 N–H and O–H groups in total. The van der Waals surface area contributed by atoms with Crippen molar-refractivity contribution in [2.45, 2.75) is 131 Å². The average Bonchev–Trinajstić information content (AvgIpc) is 3.19. The Balaban J connectivity index is 0.000000400. The van der Waals surface area contributed by atoms with E-state index in [1.165, 1.54) is 23.9 Å². The predicted octanol–water partition coefficient (Wildman–Crippen LogP) is 14.3. The van der Waals surface area contributed by atoms with Crippen molar-refractivity contribution in [1.82, 2.24) is 4.98 Å². The van der Waals surface area contributed by atoms with Crippen molar-refractivity contribution in [3.05, 3.63) is 89.6 Å². The van der Waals surface area contributed by atoms with Gasteiger partial charge in [-0.2, -0.15) is 0 Å². The summed E-state index contributed by atoms with van der Waals surface area (Å²) in [6, 6.07) is 3.81. The molecule has 1 aliphatic heterocycles. The number of aliphatic hydroxyl groups excluding tert-OH is 1.